The van der Waals surface area contributed by atoms with E-state index in [1.165, 1.54) is 25.7 Å². The molecule has 2 aliphatic rings. The van der Waals surface area contributed by atoms with Crippen LogP contribution in [0.5, 0.6) is 0 Å². The number of ether oxygens (including phenoxy) is 1. The molecule has 1 saturated heterocycles. The second kappa shape index (κ2) is 8.88. The summed E-state index contributed by atoms with van der Waals surface area (Å²) < 4.78 is 7.44. The Labute approximate surface area is 166 Å². The van der Waals surface area contributed by atoms with Crippen molar-refractivity contribution >= 4 is 11.7 Å². The average molecular weight is 383 g/mol. The van der Waals surface area contributed by atoms with E-state index in [9.17, 15) is 4.79 Å². The zero-order chi connectivity index (χ0) is 19.3. The number of likely N-dealkylation sites (tertiary alicyclic amines) is 1. The van der Waals surface area contributed by atoms with Crippen LogP contribution in [0.15, 0.2) is 42.6 Å². The number of methoxy groups -OCH3 is 1. The molecule has 0 spiro atoms. The van der Waals surface area contributed by atoms with Crippen molar-refractivity contribution in [1.82, 2.24) is 14.7 Å². The van der Waals surface area contributed by atoms with E-state index in [4.69, 9.17) is 4.74 Å². The Hall–Kier alpha value is -2.18. The summed E-state index contributed by atoms with van der Waals surface area (Å²) >= 11 is 0. The van der Waals surface area contributed by atoms with Crippen LogP contribution in [0.1, 0.15) is 56.2 Å². The van der Waals surface area contributed by atoms with Gasteiger partial charge in [-0.05, 0) is 31.2 Å². The molecule has 150 valence electrons. The van der Waals surface area contributed by atoms with Gasteiger partial charge in [-0.3, -0.25) is 4.79 Å². The number of aromatic nitrogens is 2. The summed E-state index contributed by atoms with van der Waals surface area (Å²) in [7, 11) is 1.56. The summed E-state index contributed by atoms with van der Waals surface area (Å²) in [6.07, 6.45) is 8.75. The predicted molar refractivity (Wildman–Crippen MR) is 109 cm³/mol. The van der Waals surface area contributed by atoms with Gasteiger partial charge in [0.1, 0.15) is 5.82 Å². The maximum atomic E-state index is 12.8. The number of nitrogens with one attached hydrogen (secondary N) is 1. The number of rotatable bonds is 6. The molecule has 1 unspecified atom stereocenters. The minimum Gasteiger partial charge on any atom is -0.367 e. The third-order valence-corrected chi connectivity index (χ3v) is 6.18. The van der Waals surface area contributed by atoms with Gasteiger partial charge in [0.25, 0.3) is 5.91 Å². The molecule has 2 heterocycles. The van der Waals surface area contributed by atoms with E-state index in [0.717, 1.165) is 43.4 Å². The van der Waals surface area contributed by atoms with Crippen LogP contribution in [0, 0.1) is 0 Å². The number of amides is 1. The van der Waals surface area contributed by atoms with Crippen molar-refractivity contribution < 1.29 is 9.53 Å². The number of nitrogens with zero attached hydrogens (tertiary/aromatic N) is 3. The molecule has 1 aliphatic heterocycles. The second-order valence-electron chi connectivity index (χ2n) is 7.88. The van der Waals surface area contributed by atoms with Crippen LogP contribution in [0.25, 0.3) is 0 Å². The Morgan fingerprint density at radius 2 is 1.79 bits per heavy atom. The lowest BCUT2D eigenvalue weighted by Crippen LogP contribution is -2.41. The molecule has 1 amide bonds. The van der Waals surface area contributed by atoms with E-state index in [1.807, 2.05) is 41.1 Å². The van der Waals surface area contributed by atoms with Gasteiger partial charge in [0.2, 0.25) is 0 Å². The Balaban J connectivity index is 1.39. The van der Waals surface area contributed by atoms with E-state index in [2.05, 4.69) is 15.3 Å². The van der Waals surface area contributed by atoms with Gasteiger partial charge < -0.3 is 15.0 Å². The lowest BCUT2D eigenvalue weighted by atomic mass is 10.0. The van der Waals surface area contributed by atoms with Gasteiger partial charge in [-0.15, -0.1) is 0 Å². The maximum absolute atomic E-state index is 12.8. The molecule has 6 heteroatoms. The Kier molecular flexibility index (Phi) is 6.07. The fourth-order valence-corrected chi connectivity index (χ4v) is 4.68. The maximum Gasteiger partial charge on any atom is 0.259 e. The molecule has 1 aliphatic carbocycles. The highest BCUT2D eigenvalue weighted by molar-refractivity contribution is 5.94. The van der Waals surface area contributed by atoms with Crippen LogP contribution in [-0.2, 0) is 9.53 Å². The average Bonchev–Trinajstić information content (AvgIpc) is 3.42. The SMILES string of the molecule is COC(C(=O)Nc1ccnn1C1CCN(C2CCCC2)CC1)c1ccccc1. The molecule has 1 aromatic carbocycles. The standard InChI is InChI=1S/C22H30N4O2/c1-28-21(17-7-3-2-4-8-17)22(27)24-20-11-14-23-26(20)19-12-15-25(16-13-19)18-9-5-6-10-18/h2-4,7-8,11,14,18-19,21H,5-6,9-10,12-13,15-16H2,1H3,(H,24,27). The summed E-state index contributed by atoms with van der Waals surface area (Å²) in [6, 6.07) is 12.6. The number of carbonyl (C=O) groups is 1. The first-order valence-corrected chi connectivity index (χ1v) is 10.4. The number of hydrogen-bond acceptors (Lipinski definition) is 4. The molecule has 1 N–H and O–H groups in total. The fraction of sp³-hybridized carbons (Fsp3) is 0.545. The summed E-state index contributed by atoms with van der Waals surface area (Å²) in [5.41, 5.74) is 0.846. The van der Waals surface area contributed by atoms with Gasteiger partial charge in [0.15, 0.2) is 6.10 Å². The van der Waals surface area contributed by atoms with Crippen molar-refractivity contribution in [3.8, 4) is 0 Å². The molecular formula is C22H30N4O2. The van der Waals surface area contributed by atoms with Crippen molar-refractivity contribution in [2.24, 2.45) is 0 Å². The van der Waals surface area contributed by atoms with Crippen molar-refractivity contribution in [2.75, 3.05) is 25.5 Å². The van der Waals surface area contributed by atoms with Gasteiger partial charge >= 0.3 is 0 Å². The fourth-order valence-electron chi connectivity index (χ4n) is 4.68. The predicted octanol–water partition coefficient (Wildman–Crippen LogP) is 3.79. The highest BCUT2D eigenvalue weighted by Gasteiger charge is 2.29. The number of hydrogen-bond donors (Lipinski definition) is 1. The first-order chi connectivity index (χ1) is 13.8. The first-order valence-electron chi connectivity index (χ1n) is 10.4. The molecule has 1 saturated carbocycles. The van der Waals surface area contributed by atoms with Gasteiger partial charge in [-0.25, -0.2) is 4.68 Å². The van der Waals surface area contributed by atoms with Crippen LogP contribution in [0.2, 0.25) is 0 Å². The van der Waals surface area contributed by atoms with Crippen molar-refractivity contribution in [3.05, 3.63) is 48.2 Å². The molecule has 6 nitrogen and oxygen atoms in total. The third kappa shape index (κ3) is 4.13. The summed E-state index contributed by atoms with van der Waals surface area (Å²) in [4.78, 5) is 15.5. The van der Waals surface area contributed by atoms with E-state index in [0.29, 0.717) is 6.04 Å². The van der Waals surface area contributed by atoms with Crippen LogP contribution >= 0.6 is 0 Å². The van der Waals surface area contributed by atoms with Crippen molar-refractivity contribution in [1.29, 1.82) is 0 Å². The number of benzene rings is 1. The second-order valence-corrected chi connectivity index (χ2v) is 7.88. The molecule has 4 rings (SSSR count). The quantitative estimate of drug-likeness (QED) is 0.826. The van der Waals surface area contributed by atoms with E-state index < -0.39 is 6.10 Å². The van der Waals surface area contributed by atoms with Crippen LogP contribution in [-0.4, -0.2) is 46.8 Å². The molecule has 0 bridgehead atoms. The van der Waals surface area contributed by atoms with Gasteiger partial charge in [-0.1, -0.05) is 43.2 Å². The minimum absolute atomic E-state index is 0.168. The minimum atomic E-state index is -0.631. The third-order valence-electron chi connectivity index (χ3n) is 6.18. The zero-order valence-electron chi connectivity index (χ0n) is 16.6. The zero-order valence-corrected chi connectivity index (χ0v) is 16.6. The molecule has 2 aromatic rings. The molecular weight excluding hydrogens is 352 g/mol. The Morgan fingerprint density at radius 1 is 1.07 bits per heavy atom. The van der Waals surface area contributed by atoms with Gasteiger partial charge in [0, 0.05) is 32.3 Å². The topological polar surface area (TPSA) is 59.4 Å². The lowest BCUT2D eigenvalue weighted by Gasteiger charge is -2.36. The highest BCUT2D eigenvalue weighted by Crippen LogP contribution is 2.31. The smallest absolute Gasteiger partial charge is 0.259 e. The Bertz CT molecular complexity index is 762. The van der Waals surface area contributed by atoms with Gasteiger partial charge in [0.05, 0.1) is 12.2 Å². The largest absolute Gasteiger partial charge is 0.367 e. The van der Waals surface area contributed by atoms with Crippen molar-refractivity contribution in [3.63, 3.8) is 0 Å². The van der Waals surface area contributed by atoms with Crippen LogP contribution < -0.4 is 5.32 Å². The number of carbonyl (C=O) groups excluding carboxylic acids is 1. The Morgan fingerprint density at radius 3 is 2.46 bits per heavy atom. The summed E-state index contributed by atoms with van der Waals surface area (Å²) in [6.45, 7) is 2.24. The number of piperidine rings is 1. The first kappa shape index (κ1) is 19.2. The molecule has 2 fully saturated rings. The normalized spacial score (nSPS) is 20.3. The van der Waals surface area contributed by atoms with E-state index in [1.54, 1.807) is 13.3 Å². The molecule has 1 aromatic heterocycles. The van der Waals surface area contributed by atoms with Gasteiger partial charge in [-0.2, -0.15) is 5.10 Å². The highest BCUT2D eigenvalue weighted by atomic mass is 16.5. The van der Waals surface area contributed by atoms with E-state index >= 15 is 0 Å². The van der Waals surface area contributed by atoms with Crippen LogP contribution in [0.4, 0.5) is 5.82 Å². The molecule has 28 heavy (non-hydrogen) atoms. The summed E-state index contributed by atoms with van der Waals surface area (Å²) in [5, 5.41) is 7.54. The number of anilines is 1. The monoisotopic (exact) mass is 382 g/mol. The molecule has 1 atom stereocenters. The lowest BCUT2D eigenvalue weighted by molar-refractivity contribution is -0.126. The summed E-state index contributed by atoms with van der Waals surface area (Å²) in [5.74, 6) is 0.584. The van der Waals surface area contributed by atoms with Crippen LogP contribution in [0.3, 0.4) is 0 Å². The molecule has 0 radical (unpaired) electrons. The van der Waals surface area contributed by atoms with E-state index in [-0.39, 0.29) is 5.91 Å². The van der Waals surface area contributed by atoms with Crippen molar-refractivity contribution in [2.45, 2.75) is 56.7 Å².